The molecule has 5 rings (SSSR count). The first-order valence-corrected chi connectivity index (χ1v) is 10.3. The average Bonchev–Trinajstić information content (AvgIpc) is 3.20. The lowest BCUT2D eigenvalue weighted by atomic mass is 10.0. The molecular weight excluding hydrogens is 457 g/mol. The van der Waals surface area contributed by atoms with Crippen molar-refractivity contribution in [3.63, 3.8) is 0 Å². The lowest BCUT2D eigenvalue weighted by Gasteiger charge is -2.24. The zero-order chi connectivity index (χ0) is 23.4. The highest BCUT2D eigenvalue weighted by atomic mass is 35.5. The molecule has 0 unspecified atom stereocenters. The van der Waals surface area contributed by atoms with Crippen LogP contribution in [-0.2, 0) is 12.2 Å². The van der Waals surface area contributed by atoms with Gasteiger partial charge in [0.15, 0.2) is 0 Å². The van der Waals surface area contributed by atoms with Gasteiger partial charge in [0.2, 0.25) is 0 Å². The van der Waals surface area contributed by atoms with Crippen LogP contribution in [0.4, 0.5) is 24.7 Å². The number of hydrogen-bond donors (Lipinski definition) is 2. The Morgan fingerprint density at radius 3 is 2.55 bits per heavy atom. The smallest absolute Gasteiger partial charge is 0.355 e. The summed E-state index contributed by atoms with van der Waals surface area (Å²) < 4.78 is 39.2. The molecule has 10 heteroatoms. The Hall–Kier alpha value is -3.27. The van der Waals surface area contributed by atoms with Crippen molar-refractivity contribution in [3.05, 3.63) is 77.3 Å². The molecule has 0 radical (unpaired) electrons. The average molecular weight is 473 g/mol. The normalized spacial score (nSPS) is 14.1. The van der Waals surface area contributed by atoms with Gasteiger partial charge in [-0.1, -0.05) is 23.7 Å². The van der Waals surface area contributed by atoms with Crippen LogP contribution in [0, 0.1) is 0 Å². The number of aliphatic hydroxyl groups is 2. The first-order valence-electron chi connectivity index (χ1n) is 9.93. The minimum absolute atomic E-state index is 0.283. The third kappa shape index (κ3) is 3.68. The molecule has 6 nitrogen and oxygen atoms in total. The molecule has 0 amide bonds. The van der Waals surface area contributed by atoms with E-state index in [2.05, 4.69) is 15.0 Å². The molecule has 0 bridgehead atoms. The van der Waals surface area contributed by atoms with E-state index in [0.29, 0.717) is 33.9 Å². The molecule has 0 fully saturated rings. The molecule has 4 aromatic rings. The summed E-state index contributed by atoms with van der Waals surface area (Å²) in [6, 6.07) is 11.9. The van der Waals surface area contributed by atoms with Gasteiger partial charge >= 0.3 is 6.18 Å². The van der Waals surface area contributed by atoms with Crippen LogP contribution in [0.1, 0.15) is 11.1 Å². The molecule has 0 saturated heterocycles. The molecule has 0 aliphatic carbocycles. The summed E-state index contributed by atoms with van der Waals surface area (Å²) in [6.07, 6.45) is -0.876. The number of nitrogens with zero attached hydrogens (tertiary/aromatic N) is 4. The van der Waals surface area contributed by atoms with E-state index in [0.717, 1.165) is 29.9 Å². The van der Waals surface area contributed by atoms with Crippen LogP contribution >= 0.6 is 11.6 Å². The Labute approximate surface area is 190 Å². The summed E-state index contributed by atoms with van der Waals surface area (Å²) in [5.74, 6) is -3.37. The molecule has 0 saturated carbocycles. The highest BCUT2D eigenvalue weighted by molar-refractivity contribution is 6.31. The van der Waals surface area contributed by atoms with Gasteiger partial charge in [-0.2, -0.15) is 13.2 Å². The van der Waals surface area contributed by atoms with E-state index >= 15 is 0 Å². The van der Waals surface area contributed by atoms with Crippen LogP contribution in [0.2, 0.25) is 5.02 Å². The highest BCUT2D eigenvalue weighted by Gasteiger charge is 2.54. The first-order chi connectivity index (χ1) is 15.6. The third-order valence-corrected chi connectivity index (χ3v) is 5.92. The molecule has 2 N–H and O–H groups in total. The number of rotatable bonds is 3. The summed E-state index contributed by atoms with van der Waals surface area (Å²) in [6.45, 7) is 0.687. The minimum atomic E-state index is -5.28. The van der Waals surface area contributed by atoms with E-state index in [1.807, 2.05) is 23.1 Å². The summed E-state index contributed by atoms with van der Waals surface area (Å²) >= 11 is 6.20. The Kier molecular flexibility index (Phi) is 5.00. The number of anilines is 2. The highest BCUT2D eigenvalue weighted by Crippen LogP contribution is 2.40. The zero-order valence-electron chi connectivity index (χ0n) is 16.9. The number of benzene rings is 2. The maximum atomic E-state index is 13.1. The van der Waals surface area contributed by atoms with Crippen molar-refractivity contribution >= 4 is 34.0 Å². The molecule has 3 heterocycles. The lowest BCUT2D eigenvalue weighted by molar-refractivity contribution is -0.358. The number of halogens is 4. The summed E-state index contributed by atoms with van der Waals surface area (Å²) in [5, 5.41) is 20.5. The standard InChI is InChI=1S/C23H16ClF3N4O2/c24-17-3-1-13-5-6-31(20(13)9-17)21-18-8-14(2-4-19(18)29-12-30-21)15-7-16(11-28-10-15)22(32,33)23(25,26)27/h1-4,7-12,32-33H,5-6H2. The minimum Gasteiger partial charge on any atom is -0.355 e. The van der Waals surface area contributed by atoms with Gasteiger partial charge in [-0.05, 0) is 47.9 Å². The number of hydrogen-bond acceptors (Lipinski definition) is 6. The van der Waals surface area contributed by atoms with Gasteiger partial charge in [0.25, 0.3) is 5.79 Å². The van der Waals surface area contributed by atoms with E-state index in [4.69, 9.17) is 11.6 Å². The van der Waals surface area contributed by atoms with Gasteiger partial charge in [-0.25, -0.2) is 9.97 Å². The van der Waals surface area contributed by atoms with Crippen molar-refractivity contribution in [1.82, 2.24) is 15.0 Å². The molecule has 0 atom stereocenters. The van der Waals surface area contributed by atoms with Crippen LogP contribution < -0.4 is 4.90 Å². The third-order valence-electron chi connectivity index (χ3n) is 5.68. The second-order valence-corrected chi connectivity index (χ2v) is 8.17. The molecule has 1 aliphatic rings. The number of pyridine rings is 1. The lowest BCUT2D eigenvalue weighted by Crippen LogP contribution is -2.42. The van der Waals surface area contributed by atoms with E-state index in [-0.39, 0.29) is 5.56 Å². The maximum Gasteiger partial charge on any atom is 0.447 e. The molecule has 1 aliphatic heterocycles. The number of fused-ring (bicyclic) bond motifs is 2. The van der Waals surface area contributed by atoms with E-state index in [1.165, 1.54) is 12.5 Å². The summed E-state index contributed by atoms with van der Waals surface area (Å²) in [5.41, 5.74) is 2.75. The van der Waals surface area contributed by atoms with Crippen molar-refractivity contribution in [2.45, 2.75) is 18.4 Å². The quantitative estimate of drug-likeness (QED) is 0.419. The Morgan fingerprint density at radius 2 is 1.76 bits per heavy atom. The molecule has 168 valence electrons. The Bertz CT molecular complexity index is 1380. The van der Waals surface area contributed by atoms with Crippen LogP contribution in [0.3, 0.4) is 0 Å². The number of aromatic nitrogens is 3. The molecule has 2 aromatic heterocycles. The van der Waals surface area contributed by atoms with Gasteiger partial charge in [0.1, 0.15) is 12.1 Å². The van der Waals surface area contributed by atoms with Crippen LogP contribution in [-0.4, -0.2) is 37.9 Å². The Morgan fingerprint density at radius 1 is 0.939 bits per heavy atom. The summed E-state index contributed by atoms with van der Waals surface area (Å²) in [7, 11) is 0. The van der Waals surface area contributed by atoms with Gasteiger partial charge in [-0.15, -0.1) is 0 Å². The van der Waals surface area contributed by atoms with Crippen molar-refractivity contribution in [3.8, 4) is 11.1 Å². The van der Waals surface area contributed by atoms with Crippen LogP contribution in [0.5, 0.6) is 0 Å². The predicted octanol–water partition coefficient (Wildman–Crippen LogP) is 4.74. The van der Waals surface area contributed by atoms with E-state index in [9.17, 15) is 23.4 Å². The van der Waals surface area contributed by atoms with E-state index < -0.39 is 17.5 Å². The van der Waals surface area contributed by atoms with Gasteiger partial charge in [0.05, 0.1) is 5.52 Å². The molecular formula is C23H16ClF3N4O2. The van der Waals surface area contributed by atoms with Crippen molar-refractivity contribution in [1.29, 1.82) is 0 Å². The van der Waals surface area contributed by atoms with E-state index in [1.54, 1.807) is 18.2 Å². The largest absolute Gasteiger partial charge is 0.447 e. The molecule has 33 heavy (non-hydrogen) atoms. The first kappa shape index (κ1) is 21.6. The van der Waals surface area contributed by atoms with Gasteiger partial charge in [0, 0.05) is 46.2 Å². The van der Waals surface area contributed by atoms with Gasteiger partial charge in [-0.3, -0.25) is 4.98 Å². The fourth-order valence-corrected chi connectivity index (χ4v) is 4.13. The molecule has 0 spiro atoms. The zero-order valence-corrected chi connectivity index (χ0v) is 17.6. The fourth-order valence-electron chi connectivity index (χ4n) is 3.96. The van der Waals surface area contributed by atoms with Gasteiger partial charge < -0.3 is 15.1 Å². The number of alkyl halides is 3. The summed E-state index contributed by atoms with van der Waals surface area (Å²) in [4.78, 5) is 14.6. The Balaban J connectivity index is 1.61. The van der Waals surface area contributed by atoms with Crippen molar-refractivity contribution < 1.29 is 23.4 Å². The molecule has 2 aromatic carbocycles. The second-order valence-electron chi connectivity index (χ2n) is 7.74. The van der Waals surface area contributed by atoms with Crippen molar-refractivity contribution in [2.24, 2.45) is 0 Å². The SMILES string of the molecule is OC(O)(c1cncc(-c2ccc3ncnc(N4CCc5ccc(Cl)cc54)c3c2)c1)C(F)(F)F. The maximum absolute atomic E-state index is 13.1. The monoisotopic (exact) mass is 472 g/mol. The van der Waals surface area contributed by atoms with Crippen LogP contribution in [0.15, 0.2) is 61.2 Å². The second kappa shape index (κ2) is 7.65. The van der Waals surface area contributed by atoms with Crippen LogP contribution in [0.25, 0.3) is 22.0 Å². The fraction of sp³-hybridized carbons (Fsp3) is 0.174. The topological polar surface area (TPSA) is 82.4 Å². The van der Waals surface area contributed by atoms with Crippen molar-refractivity contribution in [2.75, 3.05) is 11.4 Å². The predicted molar refractivity (Wildman–Crippen MR) is 117 cm³/mol.